The fourth-order valence-corrected chi connectivity index (χ4v) is 1.55. The third-order valence-electron chi connectivity index (χ3n) is 2.29. The van der Waals surface area contributed by atoms with Gasteiger partial charge in [0, 0.05) is 19.4 Å². The second-order valence-corrected chi connectivity index (χ2v) is 3.22. The molecule has 0 aromatic heterocycles. The first-order valence-corrected chi connectivity index (χ1v) is 4.99. The Bertz CT molecular complexity index is 206. The van der Waals surface area contributed by atoms with Gasteiger partial charge in [-0.05, 0) is 24.8 Å². The minimum atomic E-state index is 0.782. The summed E-state index contributed by atoms with van der Waals surface area (Å²) in [4.78, 5) is 0. The Labute approximate surface area is 80.7 Å². The van der Waals surface area contributed by atoms with Gasteiger partial charge >= 0.3 is 0 Å². The summed E-state index contributed by atoms with van der Waals surface area (Å²) < 4.78 is 5.00. The summed E-state index contributed by atoms with van der Waals surface area (Å²) in [7, 11) is 1.73. The molecular formula is C11H19NO. The second-order valence-electron chi connectivity index (χ2n) is 3.22. The average molecular weight is 181 g/mol. The largest absolute Gasteiger partial charge is 0.386 e. The van der Waals surface area contributed by atoms with Gasteiger partial charge in [0.1, 0.15) is 0 Å². The van der Waals surface area contributed by atoms with Crippen LogP contribution in [0, 0.1) is 0 Å². The summed E-state index contributed by atoms with van der Waals surface area (Å²) in [6.07, 6.45) is 7.92. The van der Waals surface area contributed by atoms with Gasteiger partial charge in [-0.25, -0.2) is 0 Å². The van der Waals surface area contributed by atoms with Crippen molar-refractivity contribution in [3.05, 3.63) is 23.4 Å². The first-order chi connectivity index (χ1) is 6.38. The van der Waals surface area contributed by atoms with Crippen LogP contribution in [-0.4, -0.2) is 20.3 Å². The molecule has 13 heavy (non-hydrogen) atoms. The highest BCUT2D eigenvalue weighted by molar-refractivity contribution is 5.28. The molecule has 0 saturated carbocycles. The lowest BCUT2D eigenvalue weighted by Crippen LogP contribution is -2.20. The van der Waals surface area contributed by atoms with Gasteiger partial charge in [0.05, 0.1) is 6.61 Å². The quantitative estimate of drug-likeness (QED) is 0.657. The molecule has 0 heterocycles. The molecular weight excluding hydrogens is 162 g/mol. The molecule has 1 N–H and O–H groups in total. The van der Waals surface area contributed by atoms with Crippen LogP contribution >= 0.6 is 0 Å². The molecule has 0 aromatic rings. The fraction of sp³-hybridized carbons (Fsp3) is 0.636. The highest BCUT2D eigenvalue weighted by Crippen LogP contribution is 2.18. The van der Waals surface area contributed by atoms with Gasteiger partial charge in [-0.3, -0.25) is 0 Å². The molecule has 0 unspecified atom stereocenters. The van der Waals surface area contributed by atoms with Crippen LogP contribution in [0.3, 0.4) is 0 Å². The Morgan fingerprint density at radius 3 is 3.08 bits per heavy atom. The SMILES string of the molecule is CCC1=C(NCCOC)CCC=C1. The molecule has 1 rings (SSSR count). The molecule has 2 nitrogen and oxygen atoms in total. The number of rotatable bonds is 5. The van der Waals surface area contributed by atoms with Crippen LogP contribution in [0.5, 0.6) is 0 Å². The van der Waals surface area contributed by atoms with Gasteiger partial charge in [0.2, 0.25) is 0 Å². The zero-order chi connectivity index (χ0) is 9.52. The van der Waals surface area contributed by atoms with Gasteiger partial charge in [0.15, 0.2) is 0 Å². The van der Waals surface area contributed by atoms with Crippen molar-refractivity contribution >= 4 is 0 Å². The highest BCUT2D eigenvalue weighted by atomic mass is 16.5. The zero-order valence-electron chi connectivity index (χ0n) is 8.60. The molecule has 1 aliphatic carbocycles. The summed E-state index contributed by atoms with van der Waals surface area (Å²) in [6.45, 7) is 3.90. The molecule has 0 bridgehead atoms. The standard InChI is InChI=1S/C11H19NO/c1-3-10-6-4-5-7-11(10)12-8-9-13-2/h4,6,12H,3,5,7-9H2,1-2H3. The van der Waals surface area contributed by atoms with E-state index in [0.29, 0.717) is 0 Å². The van der Waals surface area contributed by atoms with Crippen LogP contribution in [0.1, 0.15) is 26.2 Å². The smallest absolute Gasteiger partial charge is 0.0635 e. The van der Waals surface area contributed by atoms with Crippen molar-refractivity contribution in [2.45, 2.75) is 26.2 Å². The van der Waals surface area contributed by atoms with Crippen LogP contribution in [0.4, 0.5) is 0 Å². The van der Waals surface area contributed by atoms with E-state index >= 15 is 0 Å². The summed E-state index contributed by atoms with van der Waals surface area (Å²) in [5.41, 5.74) is 2.85. The monoisotopic (exact) mass is 181 g/mol. The van der Waals surface area contributed by atoms with Crippen molar-refractivity contribution in [2.75, 3.05) is 20.3 Å². The molecule has 1 aliphatic rings. The van der Waals surface area contributed by atoms with E-state index in [2.05, 4.69) is 24.4 Å². The van der Waals surface area contributed by atoms with Crippen LogP contribution in [0.2, 0.25) is 0 Å². The van der Waals surface area contributed by atoms with Crippen molar-refractivity contribution in [1.82, 2.24) is 5.32 Å². The van der Waals surface area contributed by atoms with E-state index in [1.54, 1.807) is 7.11 Å². The molecule has 0 aromatic carbocycles. The summed E-state index contributed by atoms with van der Waals surface area (Å²) in [5, 5.41) is 3.43. The minimum absolute atomic E-state index is 0.782. The number of hydrogen-bond acceptors (Lipinski definition) is 2. The predicted octanol–water partition coefficient (Wildman–Crippen LogP) is 2.24. The fourth-order valence-electron chi connectivity index (χ4n) is 1.55. The highest BCUT2D eigenvalue weighted by Gasteiger charge is 2.05. The van der Waals surface area contributed by atoms with Gasteiger partial charge in [-0.2, -0.15) is 0 Å². The van der Waals surface area contributed by atoms with Gasteiger partial charge in [-0.1, -0.05) is 19.1 Å². The van der Waals surface area contributed by atoms with Crippen molar-refractivity contribution in [2.24, 2.45) is 0 Å². The minimum Gasteiger partial charge on any atom is -0.386 e. The first-order valence-electron chi connectivity index (χ1n) is 4.99. The molecule has 0 aliphatic heterocycles. The van der Waals surface area contributed by atoms with Gasteiger partial charge in [0.25, 0.3) is 0 Å². The van der Waals surface area contributed by atoms with Crippen molar-refractivity contribution in [1.29, 1.82) is 0 Å². The van der Waals surface area contributed by atoms with Crippen LogP contribution in [0.15, 0.2) is 23.4 Å². The Morgan fingerprint density at radius 1 is 1.54 bits per heavy atom. The summed E-state index contributed by atoms with van der Waals surface area (Å²) >= 11 is 0. The molecule has 74 valence electrons. The number of nitrogens with one attached hydrogen (secondary N) is 1. The molecule has 0 fully saturated rings. The maximum atomic E-state index is 5.00. The van der Waals surface area contributed by atoms with Crippen LogP contribution in [0.25, 0.3) is 0 Å². The predicted molar refractivity (Wildman–Crippen MR) is 55.6 cm³/mol. The van der Waals surface area contributed by atoms with E-state index in [1.165, 1.54) is 17.7 Å². The summed E-state index contributed by atoms with van der Waals surface area (Å²) in [6, 6.07) is 0. The topological polar surface area (TPSA) is 21.3 Å². The third kappa shape index (κ3) is 3.23. The van der Waals surface area contributed by atoms with E-state index < -0.39 is 0 Å². The van der Waals surface area contributed by atoms with E-state index in [-0.39, 0.29) is 0 Å². The van der Waals surface area contributed by atoms with E-state index in [9.17, 15) is 0 Å². The molecule has 0 atom stereocenters. The maximum Gasteiger partial charge on any atom is 0.0635 e. The Morgan fingerprint density at radius 2 is 2.38 bits per heavy atom. The lowest BCUT2D eigenvalue weighted by Gasteiger charge is -2.16. The number of methoxy groups -OCH3 is 1. The van der Waals surface area contributed by atoms with Crippen molar-refractivity contribution in [3.8, 4) is 0 Å². The average Bonchev–Trinajstić information content (AvgIpc) is 2.19. The Hall–Kier alpha value is -0.760. The normalized spacial score (nSPS) is 16.5. The lowest BCUT2D eigenvalue weighted by molar-refractivity contribution is 0.201. The lowest BCUT2D eigenvalue weighted by atomic mass is 10.0. The second kappa shape index (κ2) is 5.81. The summed E-state index contributed by atoms with van der Waals surface area (Å²) in [5.74, 6) is 0. The molecule has 2 heteroatoms. The number of hydrogen-bond donors (Lipinski definition) is 1. The molecule has 0 amide bonds. The third-order valence-corrected chi connectivity index (χ3v) is 2.29. The van der Waals surface area contributed by atoms with Crippen molar-refractivity contribution in [3.63, 3.8) is 0 Å². The maximum absolute atomic E-state index is 5.00. The Balaban J connectivity index is 2.43. The molecule has 0 spiro atoms. The molecule has 0 radical (unpaired) electrons. The van der Waals surface area contributed by atoms with Gasteiger partial charge < -0.3 is 10.1 Å². The van der Waals surface area contributed by atoms with Crippen molar-refractivity contribution < 1.29 is 4.74 Å². The first kappa shape index (κ1) is 10.3. The van der Waals surface area contributed by atoms with Crippen LogP contribution < -0.4 is 5.32 Å². The van der Waals surface area contributed by atoms with Crippen LogP contribution in [-0.2, 0) is 4.74 Å². The molecule has 0 saturated heterocycles. The van der Waals surface area contributed by atoms with Gasteiger partial charge in [-0.15, -0.1) is 0 Å². The van der Waals surface area contributed by atoms with E-state index in [1.807, 2.05) is 0 Å². The van der Waals surface area contributed by atoms with E-state index in [4.69, 9.17) is 4.74 Å². The zero-order valence-corrected chi connectivity index (χ0v) is 8.60. The van der Waals surface area contributed by atoms with E-state index in [0.717, 1.165) is 26.0 Å². The number of ether oxygens (including phenoxy) is 1. The number of allylic oxidation sites excluding steroid dienone is 4. The Kier molecular flexibility index (Phi) is 4.61.